The van der Waals surface area contributed by atoms with E-state index < -0.39 is 7.25 Å². The molecule has 2 nitrogen and oxygen atoms in total. The van der Waals surface area contributed by atoms with Crippen LogP contribution in [0.1, 0.15) is 55.2 Å². The van der Waals surface area contributed by atoms with Gasteiger partial charge in [-0.05, 0) is 88.2 Å². The molecule has 0 spiro atoms. The van der Waals surface area contributed by atoms with Crippen molar-refractivity contribution in [2.45, 2.75) is 64.8 Å². The highest BCUT2D eigenvalue weighted by atomic mass is 19.5. The lowest BCUT2D eigenvalue weighted by Crippen LogP contribution is -2.56. The first-order valence-corrected chi connectivity index (χ1v) is 10.9. The van der Waals surface area contributed by atoms with Crippen molar-refractivity contribution in [2.24, 2.45) is 17.8 Å². The minimum absolute atomic E-state index is 0.510. The Hall–Kier alpha value is -1.53. The van der Waals surface area contributed by atoms with Crippen LogP contribution in [0.25, 0.3) is 0 Å². The Kier molecular flexibility index (Phi) is 5.23. The average Bonchev–Trinajstić information content (AvgIpc) is 3.01. The summed E-state index contributed by atoms with van der Waals surface area (Å²) in [5.41, 5.74) is 6.20. The molecule has 4 aliphatic carbocycles. The molecule has 1 heterocycles. The monoisotopic (exact) mass is 410 g/mol. The second-order valence-electron chi connectivity index (χ2n) is 9.89. The molecule has 4 saturated carbocycles. The van der Waals surface area contributed by atoms with Crippen LogP contribution in [0.5, 0.6) is 0 Å². The van der Waals surface area contributed by atoms with Gasteiger partial charge in [0.2, 0.25) is 6.34 Å². The van der Waals surface area contributed by atoms with Crippen molar-refractivity contribution in [1.82, 2.24) is 0 Å². The van der Waals surface area contributed by atoms with Gasteiger partial charge in [-0.3, -0.25) is 4.58 Å². The maximum atomic E-state index is 9.75. The third kappa shape index (κ3) is 4.34. The van der Waals surface area contributed by atoms with E-state index in [9.17, 15) is 17.3 Å². The van der Waals surface area contributed by atoms with E-state index in [4.69, 9.17) is 0 Å². The molecule has 1 aromatic rings. The molecule has 4 bridgehead atoms. The minimum Gasteiger partial charge on any atom is -0.418 e. The molecule has 160 valence electrons. The van der Waals surface area contributed by atoms with E-state index in [1.165, 1.54) is 67.4 Å². The lowest BCUT2D eigenvalue weighted by molar-refractivity contribution is -0.614. The summed E-state index contributed by atoms with van der Waals surface area (Å²) in [5.74, 6) is 3.09. The topological polar surface area (TPSA) is 6.25 Å². The summed E-state index contributed by atoms with van der Waals surface area (Å²) in [6.45, 7) is 9.14. The molecule has 0 amide bonds. The zero-order valence-electron chi connectivity index (χ0n) is 17.6. The van der Waals surface area contributed by atoms with Gasteiger partial charge in [-0.2, -0.15) is 0 Å². The van der Waals surface area contributed by atoms with E-state index in [1.807, 2.05) is 0 Å². The fraction of sp³-hybridized carbons (Fsp3) is 0.682. The van der Waals surface area contributed by atoms with E-state index in [0.29, 0.717) is 5.54 Å². The first kappa shape index (κ1) is 20.7. The van der Waals surface area contributed by atoms with Gasteiger partial charge in [-0.1, -0.05) is 17.7 Å². The zero-order valence-corrected chi connectivity index (χ0v) is 17.6. The maximum Gasteiger partial charge on any atom is 0.673 e. The standard InChI is InChI=1S/C22H31N2.BF4/c1-15-6-16(2)21(17(3)7-15)23-4-5-24(14-23)22-11-18-8-19(12-22)10-20(9-18)13-22;2-1(3,4)5/h6-7,14,18-20H,4-5,8-13H2,1-3H3;/q+1;-1. The van der Waals surface area contributed by atoms with Crippen molar-refractivity contribution < 1.29 is 21.8 Å². The molecule has 4 fully saturated rings. The predicted molar refractivity (Wildman–Crippen MR) is 110 cm³/mol. The van der Waals surface area contributed by atoms with E-state index in [2.05, 4.69) is 48.7 Å². The summed E-state index contributed by atoms with van der Waals surface area (Å²) < 4.78 is 41.8. The Morgan fingerprint density at radius 2 is 1.34 bits per heavy atom. The number of aryl methyl sites for hydroxylation is 3. The van der Waals surface area contributed by atoms with Gasteiger partial charge in [0.15, 0.2) is 0 Å². The Balaban J connectivity index is 0.000000369. The van der Waals surface area contributed by atoms with Crippen molar-refractivity contribution in [3.8, 4) is 0 Å². The number of hydrogen-bond acceptors (Lipinski definition) is 1. The number of nitrogens with zero attached hydrogens (tertiary/aromatic N) is 2. The number of rotatable bonds is 2. The van der Waals surface area contributed by atoms with Gasteiger partial charge in [0.25, 0.3) is 0 Å². The summed E-state index contributed by atoms with van der Waals surface area (Å²) in [6.07, 6.45) is 11.5. The van der Waals surface area contributed by atoms with Gasteiger partial charge in [0.1, 0.15) is 24.3 Å². The third-order valence-electron chi connectivity index (χ3n) is 7.40. The number of hydrogen-bond donors (Lipinski definition) is 0. The molecule has 6 rings (SSSR count). The molecule has 0 aromatic heterocycles. The van der Waals surface area contributed by atoms with Crippen molar-refractivity contribution in [2.75, 3.05) is 18.0 Å². The zero-order chi connectivity index (χ0) is 21.0. The van der Waals surface area contributed by atoms with E-state index in [-0.39, 0.29) is 0 Å². The number of halogens is 4. The molecular formula is C22H31BF4N2. The number of benzene rings is 1. The summed E-state index contributed by atoms with van der Waals surface area (Å²) in [6, 6.07) is 4.67. The second kappa shape index (κ2) is 7.31. The van der Waals surface area contributed by atoms with Crippen molar-refractivity contribution >= 4 is 19.3 Å². The predicted octanol–water partition coefficient (Wildman–Crippen LogP) is 5.74. The summed E-state index contributed by atoms with van der Waals surface area (Å²) in [7, 11) is -6.00. The molecule has 29 heavy (non-hydrogen) atoms. The maximum absolute atomic E-state index is 9.75. The highest BCUT2D eigenvalue weighted by molar-refractivity contribution is 6.50. The molecule has 1 aliphatic heterocycles. The van der Waals surface area contributed by atoms with Crippen LogP contribution >= 0.6 is 0 Å². The van der Waals surface area contributed by atoms with Crippen molar-refractivity contribution in [3.63, 3.8) is 0 Å². The van der Waals surface area contributed by atoms with Gasteiger partial charge < -0.3 is 17.3 Å². The highest BCUT2D eigenvalue weighted by Gasteiger charge is 2.55. The molecule has 5 aliphatic rings. The molecule has 0 unspecified atom stereocenters. The lowest BCUT2D eigenvalue weighted by atomic mass is 9.53. The molecule has 1 aromatic carbocycles. The molecule has 0 atom stereocenters. The van der Waals surface area contributed by atoms with Crippen molar-refractivity contribution in [3.05, 3.63) is 28.8 Å². The Morgan fingerprint density at radius 3 is 1.79 bits per heavy atom. The fourth-order valence-corrected chi connectivity index (χ4v) is 7.07. The van der Waals surface area contributed by atoms with Crippen molar-refractivity contribution in [1.29, 1.82) is 0 Å². The molecule has 0 saturated heterocycles. The molecule has 0 N–H and O–H groups in total. The molecule has 0 radical (unpaired) electrons. The highest BCUT2D eigenvalue weighted by Crippen LogP contribution is 2.57. The lowest BCUT2D eigenvalue weighted by Gasteiger charge is -2.55. The summed E-state index contributed by atoms with van der Waals surface area (Å²) >= 11 is 0. The first-order chi connectivity index (χ1) is 13.5. The van der Waals surface area contributed by atoms with Crippen LogP contribution in [0.4, 0.5) is 23.0 Å². The Labute approximate surface area is 171 Å². The normalized spacial score (nSPS) is 32.9. The van der Waals surface area contributed by atoms with Crippen LogP contribution in [0.2, 0.25) is 0 Å². The third-order valence-corrected chi connectivity index (χ3v) is 7.40. The van der Waals surface area contributed by atoms with Crippen LogP contribution in [0.3, 0.4) is 0 Å². The van der Waals surface area contributed by atoms with Crippen LogP contribution < -0.4 is 4.90 Å². The smallest absolute Gasteiger partial charge is 0.418 e. The van der Waals surface area contributed by atoms with E-state index >= 15 is 0 Å². The molecular weight excluding hydrogens is 379 g/mol. The van der Waals surface area contributed by atoms with Gasteiger partial charge in [0.05, 0.1) is 0 Å². The van der Waals surface area contributed by atoms with E-state index in [1.54, 1.807) is 0 Å². The summed E-state index contributed by atoms with van der Waals surface area (Å²) in [5, 5.41) is 0. The average molecular weight is 410 g/mol. The number of anilines is 1. The minimum atomic E-state index is -6.00. The Bertz CT molecular complexity index is 753. The largest absolute Gasteiger partial charge is 0.673 e. The SMILES string of the molecule is Cc1cc(C)c(N2C=[N+](C34CC5CC(CC(C5)C3)C4)CC2)c(C)c1.F[B-](F)(F)F. The fourth-order valence-electron chi connectivity index (χ4n) is 7.07. The van der Waals surface area contributed by atoms with Crippen LogP contribution in [-0.2, 0) is 0 Å². The van der Waals surface area contributed by atoms with Gasteiger partial charge in [0, 0.05) is 0 Å². The van der Waals surface area contributed by atoms with Gasteiger partial charge >= 0.3 is 7.25 Å². The van der Waals surface area contributed by atoms with Crippen LogP contribution in [-0.4, -0.2) is 36.8 Å². The quantitative estimate of drug-likeness (QED) is 0.342. The first-order valence-electron chi connectivity index (χ1n) is 10.9. The van der Waals surface area contributed by atoms with Crippen LogP contribution in [0.15, 0.2) is 12.1 Å². The van der Waals surface area contributed by atoms with Gasteiger partial charge in [-0.15, -0.1) is 0 Å². The summed E-state index contributed by atoms with van der Waals surface area (Å²) in [4.78, 5) is 2.54. The van der Waals surface area contributed by atoms with Gasteiger partial charge in [-0.25, -0.2) is 4.90 Å². The molecule has 7 heteroatoms. The van der Waals surface area contributed by atoms with Crippen LogP contribution in [0, 0.1) is 38.5 Å². The second-order valence-corrected chi connectivity index (χ2v) is 9.89. The van der Waals surface area contributed by atoms with E-state index in [0.717, 1.165) is 24.3 Å². The Morgan fingerprint density at radius 1 is 0.897 bits per heavy atom.